The highest BCUT2D eigenvalue weighted by molar-refractivity contribution is 5.74. The molecule has 6 heteroatoms. The molecule has 2 amide bonds. The number of amides is 2. The molecule has 1 atom stereocenters. The van der Waals surface area contributed by atoms with Gasteiger partial charge in [0, 0.05) is 25.5 Å². The molecular formula is C18H26N4O2. The van der Waals surface area contributed by atoms with Crippen LogP contribution in [0.4, 0.5) is 4.79 Å². The lowest BCUT2D eigenvalue weighted by atomic mass is 10.0. The highest BCUT2D eigenvalue weighted by Gasteiger charge is 2.12. The van der Waals surface area contributed by atoms with E-state index in [1.54, 1.807) is 12.5 Å². The van der Waals surface area contributed by atoms with Crippen LogP contribution >= 0.6 is 0 Å². The Morgan fingerprint density at radius 1 is 1.33 bits per heavy atom. The van der Waals surface area contributed by atoms with E-state index in [1.165, 1.54) is 0 Å². The first-order valence-electron chi connectivity index (χ1n) is 8.25. The first-order chi connectivity index (χ1) is 11.6. The Labute approximate surface area is 142 Å². The number of aliphatic hydroxyl groups is 1. The number of imidazole rings is 1. The summed E-state index contributed by atoms with van der Waals surface area (Å²) in [6, 6.07) is 7.62. The fourth-order valence-corrected chi connectivity index (χ4v) is 2.60. The standard InChI is InChI=1S/C18H26N4O2/c1-14(2)8-17(12-23)21-18(24)20-10-15-4-3-5-16(9-15)11-22-7-6-19-13-22/h3-7,9,13-14,17,23H,8,10-12H2,1-2H3,(H2,20,21,24). The maximum atomic E-state index is 12.0. The summed E-state index contributed by atoms with van der Waals surface area (Å²) >= 11 is 0. The van der Waals surface area contributed by atoms with Crippen LogP contribution in [-0.2, 0) is 13.1 Å². The summed E-state index contributed by atoms with van der Waals surface area (Å²) in [5, 5.41) is 15.0. The van der Waals surface area contributed by atoms with E-state index >= 15 is 0 Å². The number of nitrogens with zero attached hydrogens (tertiary/aromatic N) is 2. The Morgan fingerprint density at radius 2 is 2.12 bits per heavy atom. The molecular weight excluding hydrogens is 304 g/mol. The topological polar surface area (TPSA) is 79.2 Å². The fourth-order valence-electron chi connectivity index (χ4n) is 2.60. The molecule has 1 unspecified atom stereocenters. The minimum atomic E-state index is -0.255. The summed E-state index contributed by atoms with van der Waals surface area (Å²) in [5.41, 5.74) is 2.19. The quantitative estimate of drug-likeness (QED) is 0.694. The van der Waals surface area contributed by atoms with E-state index in [0.717, 1.165) is 24.1 Å². The number of aromatic nitrogens is 2. The van der Waals surface area contributed by atoms with E-state index in [4.69, 9.17) is 0 Å². The number of benzene rings is 1. The smallest absolute Gasteiger partial charge is 0.315 e. The second-order valence-electron chi connectivity index (χ2n) is 6.39. The molecule has 6 nitrogen and oxygen atoms in total. The summed E-state index contributed by atoms with van der Waals surface area (Å²) < 4.78 is 2.00. The molecule has 130 valence electrons. The van der Waals surface area contributed by atoms with E-state index in [1.807, 2.05) is 29.0 Å². The van der Waals surface area contributed by atoms with E-state index in [-0.39, 0.29) is 18.7 Å². The Morgan fingerprint density at radius 3 is 2.79 bits per heavy atom. The number of hydrogen-bond acceptors (Lipinski definition) is 3. The second-order valence-corrected chi connectivity index (χ2v) is 6.39. The first-order valence-corrected chi connectivity index (χ1v) is 8.25. The van der Waals surface area contributed by atoms with E-state index in [0.29, 0.717) is 12.5 Å². The van der Waals surface area contributed by atoms with Crippen LogP contribution in [0.3, 0.4) is 0 Å². The summed E-state index contributed by atoms with van der Waals surface area (Å²) in [7, 11) is 0. The number of nitrogens with one attached hydrogen (secondary N) is 2. The maximum absolute atomic E-state index is 12.0. The fraction of sp³-hybridized carbons (Fsp3) is 0.444. The normalized spacial score (nSPS) is 12.2. The molecule has 0 saturated carbocycles. The average molecular weight is 330 g/mol. The van der Waals surface area contributed by atoms with Crippen LogP contribution in [0.5, 0.6) is 0 Å². The largest absolute Gasteiger partial charge is 0.394 e. The van der Waals surface area contributed by atoms with Crippen molar-refractivity contribution in [1.29, 1.82) is 0 Å². The molecule has 0 aliphatic heterocycles. The molecule has 0 radical (unpaired) electrons. The van der Waals surface area contributed by atoms with Crippen molar-refractivity contribution in [1.82, 2.24) is 20.2 Å². The average Bonchev–Trinajstić information content (AvgIpc) is 3.05. The monoisotopic (exact) mass is 330 g/mol. The van der Waals surface area contributed by atoms with Crippen LogP contribution in [0, 0.1) is 5.92 Å². The van der Waals surface area contributed by atoms with Gasteiger partial charge in [-0.3, -0.25) is 0 Å². The Bertz CT molecular complexity index is 626. The SMILES string of the molecule is CC(C)CC(CO)NC(=O)NCc1cccc(Cn2ccnc2)c1. The van der Waals surface area contributed by atoms with Gasteiger partial charge < -0.3 is 20.3 Å². The van der Waals surface area contributed by atoms with E-state index in [9.17, 15) is 9.90 Å². The summed E-state index contributed by atoms with van der Waals surface area (Å²) in [4.78, 5) is 16.0. The zero-order chi connectivity index (χ0) is 17.4. The molecule has 1 aromatic heterocycles. The Kier molecular flexibility index (Phi) is 6.81. The van der Waals surface area contributed by atoms with Crippen molar-refractivity contribution in [2.24, 2.45) is 5.92 Å². The van der Waals surface area contributed by atoms with Crippen molar-refractivity contribution in [3.8, 4) is 0 Å². The van der Waals surface area contributed by atoms with Crippen molar-refractivity contribution < 1.29 is 9.90 Å². The number of aliphatic hydroxyl groups excluding tert-OH is 1. The van der Waals surface area contributed by atoms with Gasteiger partial charge in [-0.1, -0.05) is 38.1 Å². The highest BCUT2D eigenvalue weighted by atomic mass is 16.3. The van der Waals surface area contributed by atoms with Gasteiger partial charge in [0.05, 0.1) is 19.0 Å². The lowest BCUT2D eigenvalue weighted by molar-refractivity contribution is 0.206. The van der Waals surface area contributed by atoms with E-state index in [2.05, 4.69) is 35.5 Å². The van der Waals surface area contributed by atoms with Gasteiger partial charge in [0.15, 0.2) is 0 Å². The zero-order valence-corrected chi connectivity index (χ0v) is 14.3. The van der Waals surface area contributed by atoms with Crippen LogP contribution in [-0.4, -0.2) is 33.3 Å². The second kappa shape index (κ2) is 9.08. The van der Waals surface area contributed by atoms with Gasteiger partial charge >= 0.3 is 6.03 Å². The predicted octanol–water partition coefficient (Wildman–Crippen LogP) is 2.14. The van der Waals surface area contributed by atoms with Crippen molar-refractivity contribution >= 4 is 6.03 Å². The molecule has 0 bridgehead atoms. The van der Waals surface area contributed by atoms with Crippen molar-refractivity contribution in [3.05, 3.63) is 54.1 Å². The van der Waals surface area contributed by atoms with Crippen LogP contribution in [0.2, 0.25) is 0 Å². The third-order valence-corrected chi connectivity index (χ3v) is 3.68. The lowest BCUT2D eigenvalue weighted by Gasteiger charge is -2.18. The summed E-state index contributed by atoms with van der Waals surface area (Å²) in [6.07, 6.45) is 6.21. The number of hydrogen-bond donors (Lipinski definition) is 3. The van der Waals surface area contributed by atoms with Crippen molar-refractivity contribution in [2.75, 3.05) is 6.61 Å². The summed E-state index contributed by atoms with van der Waals surface area (Å²) in [6.45, 7) is 5.28. The number of urea groups is 1. The zero-order valence-electron chi connectivity index (χ0n) is 14.3. The van der Waals surface area contributed by atoms with E-state index < -0.39 is 0 Å². The number of rotatable bonds is 8. The van der Waals surface area contributed by atoms with Crippen LogP contribution in [0.25, 0.3) is 0 Å². The molecule has 1 heterocycles. The highest BCUT2D eigenvalue weighted by Crippen LogP contribution is 2.08. The van der Waals surface area contributed by atoms with Gasteiger partial charge in [0.25, 0.3) is 0 Å². The molecule has 2 rings (SSSR count). The van der Waals surface area contributed by atoms with Crippen molar-refractivity contribution in [3.63, 3.8) is 0 Å². The molecule has 1 aromatic carbocycles. The minimum absolute atomic E-state index is 0.0496. The van der Waals surface area contributed by atoms with Crippen LogP contribution < -0.4 is 10.6 Å². The van der Waals surface area contributed by atoms with Crippen LogP contribution in [0.1, 0.15) is 31.4 Å². The molecule has 0 fully saturated rings. The van der Waals surface area contributed by atoms with Gasteiger partial charge in [0.2, 0.25) is 0 Å². The maximum Gasteiger partial charge on any atom is 0.315 e. The summed E-state index contributed by atoms with van der Waals surface area (Å²) in [5.74, 6) is 0.419. The predicted molar refractivity (Wildman–Crippen MR) is 93.5 cm³/mol. The number of carbonyl (C=O) groups excluding carboxylic acids is 1. The van der Waals surface area contributed by atoms with Crippen molar-refractivity contribution in [2.45, 2.75) is 39.4 Å². The molecule has 0 aliphatic rings. The molecule has 0 spiro atoms. The minimum Gasteiger partial charge on any atom is -0.394 e. The Hall–Kier alpha value is -2.34. The Balaban J connectivity index is 1.84. The van der Waals surface area contributed by atoms with Gasteiger partial charge in [-0.05, 0) is 23.5 Å². The van der Waals surface area contributed by atoms with Gasteiger partial charge in [0.1, 0.15) is 0 Å². The molecule has 2 aromatic rings. The third kappa shape index (κ3) is 6.04. The van der Waals surface area contributed by atoms with Gasteiger partial charge in [-0.15, -0.1) is 0 Å². The molecule has 0 saturated heterocycles. The van der Waals surface area contributed by atoms with Crippen LogP contribution in [0.15, 0.2) is 43.0 Å². The third-order valence-electron chi connectivity index (χ3n) is 3.68. The molecule has 3 N–H and O–H groups in total. The van der Waals surface area contributed by atoms with Gasteiger partial charge in [-0.2, -0.15) is 0 Å². The molecule has 24 heavy (non-hydrogen) atoms. The van der Waals surface area contributed by atoms with Gasteiger partial charge in [-0.25, -0.2) is 9.78 Å². The molecule has 0 aliphatic carbocycles. The lowest BCUT2D eigenvalue weighted by Crippen LogP contribution is -2.44. The first kappa shape index (κ1) is 18.0. The number of carbonyl (C=O) groups is 1.